The lowest BCUT2D eigenvalue weighted by Crippen LogP contribution is -2.63. The second kappa shape index (κ2) is 5.95. The SMILES string of the molecule is Cc1noc(C2COCCN2C2CN(C(=O)C#CC3CC3)C2)n1. The van der Waals surface area contributed by atoms with Crippen molar-refractivity contribution in [1.29, 1.82) is 0 Å². The van der Waals surface area contributed by atoms with E-state index in [0.29, 0.717) is 50.0 Å². The molecule has 1 amide bonds. The van der Waals surface area contributed by atoms with Crippen LogP contribution in [0.2, 0.25) is 0 Å². The lowest BCUT2D eigenvalue weighted by Gasteiger charge is -2.48. The molecule has 1 unspecified atom stereocenters. The molecule has 0 bridgehead atoms. The number of morpholine rings is 1. The minimum atomic E-state index is -0.0494. The maximum Gasteiger partial charge on any atom is 0.298 e. The van der Waals surface area contributed by atoms with Crippen molar-refractivity contribution >= 4 is 5.91 Å². The highest BCUT2D eigenvalue weighted by atomic mass is 16.5. The van der Waals surface area contributed by atoms with Crippen LogP contribution in [0.3, 0.4) is 0 Å². The molecule has 3 aliphatic rings. The Morgan fingerprint density at radius 1 is 1.35 bits per heavy atom. The van der Waals surface area contributed by atoms with Gasteiger partial charge in [0.05, 0.1) is 13.2 Å². The molecule has 1 atom stereocenters. The van der Waals surface area contributed by atoms with Crippen LogP contribution < -0.4 is 0 Å². The first-order valence-corrected chi connectivity index (χ1v) is 8.15. The molecule has 1 aliphatic carbocycles. The van der Waals surface area contributed by atoms with Gasteiger partial charge in [0.1, 0.15) is 6.04 Å². The van der Waals surface area contributed by atoms with Gasteiger partial charge in [-0.25, -0.2) is 0 Å². The van der Waals surface area contributed by atoms with Gasteiger partial charge in [-0.1, -0.05) is 11.1 Å². The van der Waals surface area contributed by atoms with Gasteiger partial charge < -0.3 is 14.2 Å². The normalized spacial score (nSPS) is 25.6. The fourth-order valence-corrected chi connectivity index (χ4v) is 3.02. The van der Waals surface area contributed by atoms with Crippen LogP contribution >= 0.6 is 0 Å². The molecule has 2 aliphatic heterocycles. The molecule has 0 aromatic carbocycles. The van der Waals surface area contributed by atoms with Crippen molar-refractivity contribution in [2.45, 2.75) is 31.8 Å². The highest BCUT2D eigenvalue weighted by Gasteiger charge is 2.41. The van der Waals surface area contributed by atoms with Gasteiger partial charge in [-0.2, -0.15) is 4.98 Å². The van der Waals surface area contributed by atoms with E-state index in [-0.39, 0.29) is 11.9 Å². The topological polar surface area (TPSA) is 71.7 Å². The number of hydrogen-bond acceptors (Lipinski definition) is 6. The molecule has 122 valence electrons. The summed E-state index contributed by atoms with van der Waals surface area (Å²) in [5, 5.41) is 3.87. The fourth-order valence-electron chi connectivity index (χ4n) is 3.02. The summed E-state index contributed by atoms with van der Waals surface area (Å²) in [4.78, 5) is 20.5. The number of likely N-dealkylation sites (tertiary alicyclic amines) is 1. The van der Waals surface area contributed by atoms with Crippen LogP contribution in [0.5, 0.6) is 0 Å². The van der Waals surface area contributed by atoms with Crippen molar-refractivity contribution in [3.63, 3.8) is 0 Å². The van der Waals surface area contributed by atoms with Crippen molar-refractivity contribution in [3.8, 4) is 11.8 Å². The first kappa shape index (κ1) is 14.7. The summed E-state index contributed by atoms with van der Waals surface area (Å²) in [6.07, 6.45) is 2.28. The maximum absolute atomic E-state index is 12.0. The van der Waals surface area contributed by atoms with E-state index in [1.165, 1.54) is 0 Å². The molecule has 0 radical (unpaired) electrons. The largest absolute Gasteiger partial charge is 0.378 e. The first-order chi connectivity index (χ1) is 11.2. The molecule has 3 heterocycles. The number of ether oxygens (including phenoxy) is 1. The van der Waals surface area contributed by atoms with Crippen molar-refractivity contribution in [1.82, 2.24) is 19.9 Å². The monoisotopic (exact) mass is 316 g/mol. The summed E-state index contributed by atoms with van der Waals surface area (Å²) in [5.74, 6) is 7.44. The van der Waals surface area contributed by atoms with E-state index in [0.717, 1.165) is 19.4 Å². The lowest BCUT2D eigenvalue weighted by molar-refractivity contribution is -0.136. The van der Waals surface area contributed by atoms with E-state index < -0.39 is 0 Å². The molecule has 7 nitrogen and oxygen atoms in total. The maximum atomic E-state index is 12.0. The third-order valence-electron chi connectivity index (χ3n) is 4.58. The minimum absolute atomic E-state index is 0.0234. The molecule has 23 heavy (non-hydrogen) atoms. The molecular weight excluding hydrogens is 296 g/mol. The summed E-state index contributed by atoms with van der Waals surface area (Å²) >= 11 is 0. The van der Waals surface area contributed by atoms with Gasteiger partial charge >= 0.3 is 0 Å². The van der Waals surface area contributed by atoms with E-state index >= 15 is 0 Å². The average molecular weight is 316 g/mol. The Balaban J connectivity index is 1.37. The second-order valence-electron chi connectivity index (χ2n) is 6.42. The van der Waals surface area contributed by atoms with E-state index in [4.69, 9.17) is 9.26 Å². The van der Waals surface area contributed by atoms with Crippen LogP contribution in [-0.4, -0.2) is 64.7 Å². The highest BCUT2D eigenvalue weighted by Crippen LogP contribution is 2.29. The fraction of sp³-hybridized carbons (Fsp3) is 0.688. The molecule has 3 fully saturated rings. The van der Waals surface area contributed by atoms with E-state index in [9.17, 15) is 4.79 Å². The molecule has 0 N–H and O–H groups in total. The lowest BCUT2D eigenvalue weighted by atomic mass is 10.0. The number of rotatable bonds is 2. The zero-order valence-corrected chi connectivity index (χ0v) is 13.2. The Hall–Kier alpha value is -1.91. The summed E-state index contributed by atoms with van der Waals surface area (Å²) in [6.45, 7) is 5.28. The molecule has 7 heteroatoms. The smallest absolute Gasteiger partial charge is 0.298 e. The number of amides is 1. The summed E-state index contributed by atoms with van der Waals surface area (Å²) < 4.78 is 10.9. The standard InChI is InChI=1S/C16H20N4O3/c1-11-17-16(23-18-11)14-10-22-7-6-20(14)13-8-19(9-13)15(21)5-4-12-2-3-12/h12-14H,2-3,6-10H2,1H3. The van der Waals surface area contributed by atoms with Gasteiger partial charge in [0.25, 0.3) is 5.91 Å². The number of aromatic nitrogens is 2. The van der Waals surface area contributed by atoms with Crippen molar-refractivity contribution in [3.05, 3.63) is 11.7 Å². The third-order valence-corrected chi connectivity index (χ3v) is 4.58. The Morgan fingerprint density at radius 2 is 2.17 bits per heavy atom. The summed E-state index contributed by atoms with van der Waals surface area (Å²) in [7, 11) is 0. The van der Waals surface area contributed by atoms with Crippen LogP contribution in [0.1, 0.15) is 30.6 Å². The van der Waals surface area contributed by atoms with Gasteiger partial charge in [0.15, 0.2) is 5.82 Å². The average Bonchev–Trinajstić information content (AvgIpc) is 3.24. The van der Waals surface area contributed by atoms with Crippen LogP contribution in [0.25, 0.3) is 0 Å². The highest BCUT2D eigenvalue weighted by molar-refractivity contribution is 5.94. The van der Waals surface area contributed by atoms with E-state index in [1.54, 1.807) is 0 Å². The molecule has 1 aromatic rings. The summed E-state index contributed by atoms with van der Waals surface area (Å²) in [6, 6.07) is 0.285. The zero-order chi connectivity index (χ0) is 15.8. The molecular formula is C16H20N4O3. The van der Waals surface area contributed by atoms with Crippen LogP contribution in [0.4, 0.5) is 0 Å². The van der Waals surface area contributed by atoms with Crippen molar-refractivity contribution in [2.75, 3.05) is 32.8 Å². The van der Waals surface area contributed by atoms with Crippen LogP contribution in [-0.2, 0) is 9.53 Å². The van der Waals surface area contributed by atoms with Crippen molar-refractivity contribution < 1.29 is 14.1 Å². The molecule has 0 spiro atoms. The Labute approximate surface area is 135 Å². The number of carbonyl (C=O) groups is 1. The van der Waals surface area contributed by atoms with Gasteiger partial charge in [-0.15, -0.1) is 0 Å². The molecule has 2 saturated heterocycles. The minimum Gasteiger partial charge on any atom is -0.378 e. The van der Waals surface area contributed by atoms with E-state index in [1.807, 2.05) is 11.8 Å². The first-order valence-electron chi connectivity index (χ1n) is 8.15. The van der Waals surface area contributed by atoms with Crippen LogP contribution in [0, 0.1) is 24.7 Å². The number of nitrogens with zero attached hydrogens (tertiary/aromatic N) is 4. The number of carbonyl (C=O) groups excluding carboxylic acids is 1. The second-order valence-corrected chi connectivity index (χ2v) is 6.42. The Kier molecular flexibility index (Phi) is 3.79. The van der Waals surface area contributed by atoms with Gasteiger partial charge in [-0.3, -0.25) is 9.69 Å². The molecule has 4 rings (SSSR count). The third kappa shape index (κ3) is 3.09. The Bertz CT molecular complexity index is 652. The van der Waals surface area contributed by atoms with Crippen molar-refractivity contribution in [2.24, 2.45) is 5.92 Å². The van der Waals surface area contributed by atoms with Gasteiger partial charge in [0, 0.05) is 31.6 Å². The zero-order valence-electron chi connectivity index (χ0n) is 13.2. The quantitative estimate of drug-likeness (QED) is 0.735. The Morgan fingerprint density at radius 3 is 2.87 bits per heavy atom. The van der Waals surface area contributed by atoms with E-state index in [2.05, 4.69) is 26.9 Å². The van der Waals surface area contributed by atoms with Gasteiger partial charge in [0.2, 0.25) is 5.89 Å². The number of hydrogen-bond donors (Lipinski definition) is 0. The van der Waals surface area contributed by atoms with Gasteiger partial charge in [-0.05, 0) is 25.7 Å². The molecule has 1 aromatic heterocycles. The predicted molar refractivity (Wildman–Crippen MR) is 80.2 cm³/mol. The number of aryl methyl sites for hydroxylation is 1. The van der Waals surface area contributed by atoms with Crippen LogP contribution in [0.15, 0.2) is 4.52 Å². The summed E-state index contributed by atoms with van der Waals surface area (Å²) in [5.41, 5.74) is 0. The molecule has 1 saturated carbocycles. The predicted octanol–water partition coefficient (Wildman–Crippen LogP) is 0.376.